The second-order valence-corrected chi connectivity index (χ2v) is 7.07. The van der Waals surface area contributed by atoms with Crippen molar-refractivity contribution in [3.63, 3.8) is 0 Å². The van der Waals surface area contributed by atoms with Crippen LogP contribution in [0.1, 0.15) is 11.1 Å². The van der Waals surface area contributed by atoms with E-state index in [0.717, 1.165) is 49.1 Å². The number of aromatic amines is 1. The fourth-order valence-corrected chi connectivity index (χ4v) is 3.78. The number of hydrogen-bond acceptors (Lipinski definition) is 4. The van der Waals surface area contributed by atoms with Gasteiger partial charge in [-0.2, -0.15) is 4.98 Å². The maximum atomic E-state index is 5.46. The Morgan fingerprint density at radius 2 is 1.81 bits per heavy atom. The zero-order valence-corrected chi connectivity index (χ0v) is 16.3. The topological polar surface area (TPSA) is 56.5 Å². The molecule has 7 heteroatoms. The highest BCUT2D eigenvalue weighted by Crippen LogP contribution is 2.31. The van der Waals surface area contributed by atoms with Gasteiger partial charge >= 0.3 is 0 Å². The molecule has 6 nitrogen and oxygen atoms in total. The molecule has 0 fully saturated rings. The van der Waals surface area contributed by atoms with E-state index >= 15 is 0 Å². The van der Waals surface area contributed by atoms with Crippen molar-refractivity contribution in [3.8, 4) is 22.9 Å². The van der Waals surface area contributed by atoms with Crippen LogP contribution in [0.5, 0.6) is 11.5 Å². The smallest absolute Gasteiger partial charge is 0.221 e. The minimum Gasteiger partial charge on any atom is -0.493 e. The Morgan fingerprint density at radius 1 is 1.11 bits per heavy atom. The Balaban J connectivity index is 1.54. The van der Waals surface area contributed by atoms with Crippen molar-refractivity contribution >= 4 is 12.2 Å². The maximum absolute atomic E-state index is 5.46. The normalized spacial score (nSPS) is 16.0. The molecule has 140 valence electrons. The lowest BCUT2D eigenvalue weighted by atomic mass is 9.99. The molecule has 1 aromatic heterocycles. The molecular formula is C20H23N4O2S+. The van der Waals surface area contributed by atoms with E-state index in [9.17, 15) is 0 Å². The maximum Gasteiger partial charge on any atom is 0.221 e. The van der Waals surface area contributed by atoms with Crippen LogP contribution in [-0.4, -0.2) is 35.5 Å². The SMILES string of the molecule is COc1cc2c(cc1OC)C[NH+](Cn1[nH]c(-c3ccccc3)nc1=S)CC2. The molecule has 2 N–H and O–H groups in total. The van der Waals surface area contributed by atoms with Gasteiger partial charge < -0.3 is 14.4 Å². The van der Waals surface area contributed by atoms with Gasteiger partial charge in [-0.05, 0) is 29.9 Å². The standard InChI is InChI=1S/C20H22N4O2S/c1-25-17-10-15-8-9-23(12-16(15)11-18(17)26-2)13-24-20(27)21-19(22-24)14-6-4-3-5-7-14/h3-7,10-11H,8-9,12-13H2,1-2H3,(H,21,22,27)/p+1. The van der Waals surface area contributed by atoms with Crippen LogP contribution in [-0.2, 0) is 19.6 Å². The molecule has 2 heterocycles. The van der Waals surface area contributed by atoms with Crippen LogP contribution in [0.15, 0.2) is 42.5 Å². The van der Waals surface area contributed by atoms with Crippen LogP contribution >= 0.6 is 12.2 Å². The number of nitrogens with one attached hydrogen (secondary N) is 2. The quantitative estimate of drug-likeness (QED) is 0.664. The average molecular weight is 383 g/mol. The summed E-state index contributed by atoms with van der Waals surface area (Å²) in [6, 6.07) is 14.2. The molecule has 0 radical (unpaired) electrons. The number of nitrogens with zero attached hydrogens (tertiary/aromatic N) is 2. The largest absolute Gasteiger partial charge is 0.493 e. The third-order valence-electron chi connectivity index (χ3n) is 5.00. The van der Waals surface area contributed by atoms with Gasteiger partial charge in [0.2, 0.25) is 4.77 Å². The van der Waals surface area contributed by atoms with Crippen molar-refractivity contribution in [2.75, 3.05) is 20.8 Å². The Kier molecular flexibility index (Phi) is 4.96. The first-order valence-corrected chi connectivity index (χ1v) is 9.38. The summed E-state index contributed by atoms with van der Waals surface area (Å²) >= 11 is 5.46. The van der Waals surface area contributed by atoms with E-state index < -0.39 is 0 Å². The number of quaternary nitrogens is 1. The molecule has 0 spiro atoms. The van der Waals surface area contributed by atoms with E-state index in [4.69, 9.17) is 21.7 Å². The van der Waals surface area contributed by atoms with Gasteiger partial charge in [-0.25, -0.2) is 4.68 Å². The molecule has 1 atom stereocenters. The van der Waals surface area contributed by atoms with Crippen molar-refractivity contribution in [1.82, 2.24) is 14.8 Å². The highest BCUT2D eigenvalue weighted by molar-refractivity contribution is 7.71. The van der Waals surface area contributed by atoms with Crippen LogP contribution in [0.4, 0.5) is 0 Å². The van der Waals surface area contributed by atoms with Crippen LogP contribution < -0.4 is 14.4 Å². The molecule has 1 aliphatic rings. The molecular weight excluding hydrogens is 360 g/mol. The number of H-pyrrole nitrogens is 1. The number of benzene rings is 2. The Labute approximate surface area is 163 Å². The summed E-state index contributed by atoms with van der Waals surface area (Å²) in [6.07, 6.45) is 0.998. The summed E-state index contributed by atoms with van der Waals surface area (Å²) in [6.45, 7) is 2.70. The lowest BCUT2D eigenvalue weighted by Crippen LogP contribution is -3.11. The van der Waals surface area contributed by atoms with Crippen molar-refractivity contribution in [3.05, 3.63) is 58.4 Å². The van der Waals surface area contributed by atoms with Gasteiger partial charge in [-0.1, -0.05) is 30.3 Å². The van der Waals surface area contributed by atoms with Gasteiger partial charge in [0, 0.05) is 17.5 Å². The summed E-state index contributed by atoms with van der Waals surface area (Å²) in [5.74, 6) is 2.38. The number of aromatic nitrogens is 3. The van der Waals surface area contributed by atoms with Gasteiger partial charge in [0.1, 0.15) is 6.54 Å². The van der Waals surface area contributed by atoms with Gasteiger partial charge in [-0.15, -0.1) is 0 Å². The molecule has 3 aromatic rings. The number of fused-ring (bicyclic) bond motifs is 1. The molecule has 0 saturated carbocycles. The van der Waals surface area contributed by atoms with Crippen LogP contribution in [0.3, 0.4) is 0 Å². The van der Waals surface area contributed by atoms with Gasteiger partial charge in [0.05, 0.1) is 20.8 Å². The van der Waals surface area contributed by atoms with E-state index in [1.807, 2.05) is 35.0 Å². The molecule has 1 aliphatic heterocycles. The van der Waals surface area contributed by atoms with Gasteiger partial charge in [-0.3, -0.25) is 5.10 Å². The molecule has 2 aromatic carbocycles. The minimum atomic E-state index is 0.583. The second kappa shape index (κ2) is 7.54. The van der Waals surface area contributed by atoms with Crippen molar-refractivity contribution in [1.29, 1.82) is 0 Å². The summed E-state index contributed by atoms with van der Waals surface area (Å²) in [7, 11) is 3.35. The van der Waals surface area contributed by atoms with E-state index in [2.05, 4.69) is 22.2 Å². The zero-order valence-electron chi connectivity index (χ0n) is 15.5. The molecule has 4 rings (SSSR count). The van der Waals surface area contributed by atoms with Crippen molar-refractivity contribution in [2.24, 2.45) is 0 Å². The highest BCUT2D eigenvalue weighted by atomic mass is 32.1. The highest BCUT2D eigenvalue weighted by Gasteiger charge is 2.23. The summed E-state index contributed by atoms with van der Waals surface area (Å²) in [4.78, 5) is 5.94. The third kappa shape index (κ3) is 3.61. The van der Waals surface area contributed by atoms with E-state index in [1.165, 1.54) is 16.0 Å². The minimum absolute atomic E-state index is 0.583. The first kappa shape index (κ1) is 17.8. The molecule has 27 heavy (non-hydrogen) atoms. The Hall–Kier alpha value is -2.64. The molecule has 0 aliphatic carbocycles. The predicted octanol–water partition coefficient (Wildman–Crippen LogP) is 2.22. The fraction of sp³-hybridized carbons (Fsp3) is 0.300. The first-order valence-electron chi connectivity index (χ1n) is 8.97. The Bertz CT molecular complexity index is 997. The molecule has 0 bridgehead atoms. The van der Waals surface area contributed by atoms with Crippen molar-refractivity contribution < 1.29 is 14.4 Å². The van der Waals surface area contributed by atoms with Crippen molar-refractivity contribution in [2.45, 2.75) is 19.6 Å². The van der Waals surface area contributed by atoms with E-state index in [0.29, 0.717) is 4.77 Å². The number of ether oxygens (including phenoxy) is 2. The number of methoxy groups -OCH3 is 2. The molecule has 0 amide bonds. The number of rotatable bonds is 5. The van der Waals surface area contributed by atoms with E-state index in [1.54, 1.807) is 14.2 Å². The van der Waals surface area contributed by atoms with Crippen LogP contribution in [0, 0.1) is 4.77 Å². The number of hydrogen-bond donors (Lipinski definition) is 2. The average Bonchev–Trinajstić information content (AvgIpc) is 3.08. The summed E-state index contributed by atoms with van der Waals surface area (Å²) in [5, 5.41) is 3.35. The summed E-state index contributed by atoms with van der Waals surface area (Å²) < 4.78 is 13.4. The predicted molar refractivity (Wildman–Crippen MR) is 106 cm³/mol. The fourth-order valence-electron chi connectivity index (χ4n) is 3.58. The van der Waals surface area contributed by atoms with Crippen LogP contribution in [0.2, 0.25) is 0 Å². The second-order valence-electron chi connectivity index (χ2n) is 6.71. The first-order chi connectivity index (χ1) is 13.2. The monoisotopic (exact) mass is 383 g/mol. The zero-order chi connectivity index (χ0) is 18.8. The summed E-state index contributed by atoms with van der Waals surface area (Å²) in [5.41, 5.74) is 3.66. The van der Waals surface area contributed by atoms with Gasteiger partial charge in [0.25, 0.3) is 0 Å². The Morgan fingerprint density at radius 3 is 2.52 bits per heavy atom. The van der Waals surface area contributed by atoms with E-state index in [-0.39, 0.29) is 0 Å². The third-order valence-corrected chi connectivity index (χ3v) is 5.31. The molecule has 1 unspecified atom stereocenters. The van der Waals surface area contributed by atoms with Crippen LogP contribution in [0.25, 0.3) is 11.4 Å². The van der Waals surface area contributed by atoms with Gasteiger partial charge in [0.15, 0.2) is 24.0 Å². The lowest BCUT2D eigenvalue weighted by Gasteiger charge is -2.26. The lowest BCUT2D eigenvalue weighted by molar-refractivity contribution is -0.939. The molecule has 0 saturated heterocycles.